The van der Waals surface area contributed by atoms with Crippen LogP contribution in [0, 0.1) is 6.92 Å². The maximum absolute atomic E-state index is 13.0. The highest BCUT2D eigenvalue weighted by molar-refractivity contribution is 7.86. The van der Waals surface area contributed by atoms with E-state index in [1.807, 2.05) is 39.8 Å². The van der Waals surface area contributed by atoms with Gasteiger partial charge in [-0.1, -0.05) is 17.7 Å². The van der Waals surface area contributed by atoms with Crippen molar-refractivity contribution >= 4 is 39.9 Å². The predicted octanol–water partition coefficient (Wildman–Crippen LogP) is 2.36. The first-order chi connectivity index (χ1) is 16.0. The molecule has 3 rings (SSSR count). The number of anilines is 2. The molecule has 0 saturated heterocycles. The van der Waals surface area contributed by atoms with Gasteiger partial charge < -0.3 is 25.0 Å². The summed E-state index contributed by atoms with van der Waals surface area (Å²) < 4.78 is 23.1. The lowest BCUT2D eigenvalue weighted by Crippen LogP contribution is -2.48. The summed E-state index contributed by atoms with van der Waals surface area (Å²) in [5.74, 6) is -1.02. The van der Waals surface area contributed by atoms with Gasteiger partial charge in [0.05, 0.1) is 0 Å². The minimum Gasteiger partial charge on any atom is -0.454 e. The van der Waals surface area contributed by atoms with Crippen molar-refractivity contribution < 1.29 is 28.1 Å². The van der Waals surface area contributed by atoms with Crippen molar-refractivity contribution in [1.82, 2.24) is 5.32 Å². The second-order valence-electron chi connectivity index (χ2n) is 8.96. The van der Waals surface area contributed by atoms with Gasteiger partial charge in [0, 0.05) is 33.8 Å². The summed E-state index contributed by atoms with van der Waals surface area (Å²) >= 11 is 0. The highest BCUT2D eigenvalue weighted by Gasteiger charge is 2.24. The SMILES string of the molecule is Cc1ccc(N(CC(=O)NC(C)(C)C)C(=O)C[S@](=O)CC(=O)Nc2ccc3c(c2)OCO3)cc1. The number of benzene rings is 2. The Kier molecular flexibility index (Phi) is 7.93. The van der Waals surface area contributed by atoms with E-state index in [1.54, 1.807) is 30.3 Å². The molecule has 0 saturated carbocycles. The molecule has 1 aliphatic heterocycles. The van der Waals surface area contributed by atoms with Gasteiger partial charge in [-0.2, -0.15) is 0 Å². The number of carbonyl (C=O) groups excluding carboxylic acids is 3. The molecule has 0 spiro atoms. The number of fused-ring (bicyclic) bond motifs is 1. The highest BCUT2D eigenvalue weighted by atomic mass is 32.2. The molecule has 2 aromatic rings. The fourth-order valence-corrected chi connectivity index (χ4v) is 4.13. The van der Waals surface area contributed by atoms with Gasteiger partial charge in [0.1, 0.15) is 18.1 Å². The first-order valence-electron chi connectivity index (χ1n) is 10.7. The molecule has 1 aliphatic rings. The number of amides is 3. The number of hydrogen-bond acceptors (Lipinski definition) is 6. The maximum Gasteiger partial charge on any atom is 0.240 e. The van der Waals surface area contributed by atoms with Crippen LogP contribution in [0.15, 0.2) is 42.5 Å². The van der Waals surface area contributed by atoms with Crippen LogP contribution in [0.2, 0.25) is 0 Å². The first kappa shape index (κ1) is 25.2. The Bertz CT molecular complexity index is 1090. The number of carbonyl (C=O) groups is 3. The summed E-state index contributed by atoms with van der Waals surface area (Å²) in [7, 11) is -1.78. The van der Waals surface area contributed by atoms with Crippen LogP contribution in [0.5, 0.6) is 11.5 Å². The number of nitrogens with one attached hydrogen (secondary N) is 2. The number of rotatable bonds is 8. The van der Waals surface area contributed by atoms with E-state index >= 15 is 0 Å². The molecule has 10 heteroatoms. The summed E-state index contributed by atoms with van der Waals surface area (Å²) in [5, 5.41) is 5.47. The van der Waals surface area contributed by atoms with Gasteiger partial charge >= 0.3 is 0 Å². The average Bonchev–Trinajstić information content (AvgIpc) is 3.19. The smallest absolute Gasteiger partial charge is 0.240 e. The standard InChI is InChI=1S/C24H29N3O6S/c1-16-5-8-18(9-6-16)27(12-21(28)26-24(2,3)4)23(30)14-34(31)13-22(29)25-17-7-10-19-20(11-17)33-15-32-19/h5-11H,12-15H2,1-4H3,(H,25,29)(H,26,28)/t34-/m1/s1. The summed E-state index contributed by atoms with van der Waals surface area (Å²) in [6.07, 6.45) is 0. The van der Waals surface area contributed by atoms with Crippen LogP contribution < -0.4 is 25.0 Å². The quantitative estimate of drug-likeness (QED) is 0.591. The molecule has 0 aliphatic carbocycles. The van der Waals surface area contributed by atoms with Gasteiger partial charge in [0.25, 0.3) is 0 Å². The van der Waals surface area contributed by atoms with Crippen molar-refractivity contribution in [3.8, 4) is 11.5 Å². The predicted molar refractivity (Wildman–Crippen MR) is 130 cm³/mol. The van der Waals surface area contributed by atoms with Crippen molar-refractivity contribution in [1.29, 1.82) is 0 Å². The number of nitrogens with zero attached hydrogens (tertiary/aromatic N) is 1. The van der Waals surface area contributed by atoms with Crippen molar-refractivity contribution in [2.45, 2.75) is 33.2 Å². The molecule has 1 atom stereocenters. The van der Waals surface area contributed by atoms with E-state index < -0.39 is 33.9 Å². The van der Waals surface area contributed by atoms with E-state index in [0.717, 1.165) is 5.56 Å². The lowest BCUT2D eigenvalue weighted by Gasteiger charge is -2.26. The summed E-state index contributed by atoms with van der Waals surface area (Å²) in [5.41, 5.74) is 1.52. The van der Waals surface area contributed by atoms with E-state index in [9.17, 15) is 18.6 Å². The van der Waals surface area contributed by atoms with E-state index in [1.165, 1.54) is 4.90 Å². The van der Waals surface area contributed by atoms with Crippen LogP contribution in [-0.2, 0) is 25.2 Å². The molecular weight excluding hydrogens is 458 g/mol. The van der Waals surface area contributed by atoms with Crippen LogP contribution in [0.3, 0.4) is 0 Å². The highest BCUT2D eigenvalue weighted by Crippen LogP contribution is 2.34. The third-order valence-electron chi connectivity index (χ3n) is 4.70. The fourth-order valence-electron chi connectivity index (χ4n) is 3.23. The zero-order valence-corrected chi connectivity index (χ0v) is 20.5. The van der Waals surface area contributed by atoms with Crippen LogP contribution in [0.1, 0.15) is 26.3 Å². The number of aryl methyl sites for hydroxylation is 1. The van der Waals surface area contributed by atoms with Crippen molar-refractivity contribution in [3.63, 3.8) is 0 Å². The van der Waals surface area contributed by atoms with Crippen molar-refractivity contribution in [3.05, 3.63) is 48.0 Å². The second-order valence-corrected chi connectivity index (χ2v) is 10.4. The molecule has 0 radical (unpaired) electrons. The molecule has 0 aromatic heterocycles. The summed E-state index contributed by atoms with van der Waals surface area (Å²) in [4.78, 5) is 39.1. The van der Waals surface area contributed by atoms with Crippen molar-refractivity contribution in [2.75, 3.05) is 35.1 Å². The second kappa shape index (κ2) is 10.7. The van der Waals surface area contributed by atoms with Gasteiger partial charge in [-0.3, -0.25) is 18.6 Å². The van der Waals surface area contributed by atoms with Crippen LogP contribution >= 0.6 is 0 Å². The molecule has 182 valence electrons. The van der Waals surface area contributed by atoms with Gasteiger partial charge in [-0.05, 0) is 52.0 Å². The molecule has 2 N–H and O–H groups in total. The Hall–Kier alpha value is -3.40. The van der Waals surface area contributed by atoms with E-state index in [4.69, 9.17) is 9.47 Å². The lowest BCUT2D eigenvalue weighted by atomic mass is 10.1. The number of ether oxygens (including phenoxy) is 2. The third-order valence-corrected chi connectivity index (χ3v) is 5.85. The maximum atomic E-state index is 13.0. The van der Waals surface area contributed by atoms with E-state index in [0.29, 0.717) is 22.9 Å². The van der Waals surface area contributed by atoms with Gasteiger partial charge in [-0.25, -0.2) is 0 Å². The number of hydrogen-bond donors (Lipinski definition) is 2. The van der Waals surface area contributed by atoms with E-state index in [2.05, 4.69) is 10.6 Å². The monoisotopic (exact) mass is 487 g/mol. The third kappa shape index (κ3) is 7.31. The molecule has 3 amide bonds. The Labute approximate surface area is 201 Å². The average molecular weight is 488 g/mol. The molecule has 9 nitrogen and oxygen atoms in total. The van der Waals surface area contributed by atoms with Gasteiger partial charge in [0.2, 0.25) is 24.5 Å². The Morgan fingerprint density at radius 1 is 0.971 bits per heavy atom. The Balaban J connectivity index is 1.62. The normalized spacial score (nSPS) is 13.2. The first-order valence-corrected chi connectivity index (χ1v) is 12.2. The minimum absolute atomic E-state index is 0.115. The van der Waals surface area contributed by atoms with Gasteiger partial charge in [-0.15, -0.1) is 0 Å². The Morgan fingerprint density at radius 3 is 2.32 bits per heavy atom. The molecule has 0 bridgehead atoms. The van der Waals surface area contributed by atoms with Crippen LogP contribution in [-0.4, -0.2) is 52.3 Å². The topological polar surface area (TPSA) is 114 Å². The van der Waals surface area contributed by atoms with Crippen molar-refractivity contribution in [2.24, 2.45) is 0 Å². The Morgan fingerprint density at radius 2 is 1.65 bits per heavy atom. The summed E-state index contributed by atoms with van der Waals surface area (Å²) in [6, 6.07) is 12.0. The molecule has 0 fully saturated rings. The van der Waals surface area contributed by atoms with Crippen LogP contribution in [0.4, 0.5) is 11.4 Å². The molecule has 34 heavy (non-hydrogen) atoms. The molecule has 1 heterocycles. The van der Waals surface area contributed by atoms with Gasteiger partial charge in [0.15, 0.2) is 11.5 Å². The van der Waals surface area contributed by atoms with Crippen LogP contribution in [0.25, 0.3) is 0 Å². The molecule has 0 unspecified atom stereocenters. The summed E-state index contributed by atoms with van der Waals surface area (Å²) in [6.45, 7) is 7.34. The largest absolute Gasteiger partial charge is 0.454 e. The molecular formula is C24H29N3O6S. The van der Waals surface area contributed by atoms with E-state index in [-0.39, 0.29) is 25.0 Å². The fraction of sp³-hybridized carbons (Fsp3) is 0.375. The zero-order valence-electron chi connectivity index (χ0n) is 19.7. The zero-order chi connectivity index (χ0) is 24.9. The minimum atomic E-state index is -1.78. The lowest BCUT2D eigenvalue weighted by molar-refractivity contribution is -0.124. The molecule has 2 aromatic carbocycles.